The molecule has 0 radical (unpaired) electrons. The van der Waals surface area contributed by atoms with Crippen LogP contribution in [0.25, 0.3) is 0 Å². The van der Waals surface area contributed by atoms with Gasteiger partial charge in [0, 0.05) is 12.1 Å². The number of amides is 1. The molecule has 0 saturated carbocycles. The molecule has 2 rings (SSSR count). The fourth-order valence-corrected chi connectivity index (χ4v) is 1.42. The molecule has 1 amide bonds. The van der Waals surface area contributed by atoms with E-state index in [4.69, 9.17) is 0 Å². The summed E-state index contributed by atoms with van der Waals surface area (Å²) in [5.41, 5.74) is 2.35. The molecule has 0 fully saturated rings. The fourth-order valence-electron chi connectivity index (χ4n) is 1.42. The van der Waals surface area contributed by atoms with Gasteiger partial charge in [-0.25, -0.2) is 0 Å². The Kier molecular flexibility index (Phi) is 1.24. The van der Waals surface area contributed by atoms with Crippen LogP contribution in [0.15, 0.2) is 23.0 Å². The highest BCUT2D eigenvalue weighted by Crippen LogP contribution is 2.22. The van der Waals surface area contributed by atoms with E-state index in [0.717, 1.165) is 17.9 Å². The predicted molar refractivity (Wildman–Crippen MR) is 41.5 cm³/mol. The highest BCUT2D eigenvalue weighted by atomic mass is 16.1. The zero-order valence-corrected chi connectivity index (χ0v) is 6.40. The minimum absolute atomic E-state index is 0.0946. The van der Waals surface area contributed by atoms with E-state index in [2.05, 4.69) is 16.7 Å². The van der Waals surface area contributed by atoms with E-state index in [0.29, 0.717) is 6.42 Å². The van der Waals surface area contributed by atoms with Crippen molar-refractivity contribution < 1.29 is 4.79 Å². The summed E-state index contributed by atoms with van der Waals surface area (Å²) in [6.07, 6.45) is 2.63. The van der Waals surface area contributed by atoms with Gasteiger partial charge in [-0.2, -0.15) is 0 Å². The Hall–Kier alpha value is -1.25. The van der Waals surface area contributed by atoms with Crippen molar-refractivity contribution in [1.29, 1.82) is 0 Å². The average molecular weight is 150 g/mol. The van der Waals surface area contributed by atoms with E-state index >= 15 is 0 Å². The quantitative estimate of drug-likeness (QED) is 0.520. The van der Waals surface area contributed by atoms with Crippen molar-refractivity contribution in [2.24, 2.45) is 0 Å². The van der Waals surface area contributed by atoms with Gasteiger partial charge in [-0.15, -0.1) is 0 Å². The normalized spacial score (nSPS) is 22.3. The van der Waals surface area contributed by atoms with Crippen LogP contribution in [-0.2, 0) is 4.79 Å². The van der Waals surface area contributed by atoms with Crippen LogP contribution in [0.3, 0.4) is 0 Å². The largest absolute Gasteiger partial charge is 0.368 e. The smallest absolute Gasteiger partial charge is 0.230 e. The lowest BCUT2D eigenvalue weighted by Gasteiger charge is -2.13. The maximum absolute atomic E-state index is 10.9. The number of dihydropyridines is 1. The Morgan fingerprint density at radius 1 is 1.55 bits per heavy atom. The predicted octanol–water partition coefficient (Wildman–Crippen LogP) is 0.267. The van der Waals surface area contributed by atoms with Gasteiger partial charge in [-0.3, -0.25) is 4.79 Å². The Labute approximate surface area is 65.2 Å². The summed E-state index contributed by atoms with van der Waals surface area (Å²) in [6, 6.07) is 0. The summed E-state index contributed by atoms with van der Waals surface area (Å²) in [5, 5.41) is 5.89. The summed E-state index contributed by atoms with van der Waals surface area (Å²) < 4.78 is 0. The Morgan fingerprint density at radius 2 is 2.36 bits per heavy atom. The average Bonchev–Trinajstić information content (AvgIpc) is 2.31. The first-order valence-electron chi connectivity index (χ1n) is 3.71. The zero-order valence-electron chi connectivity index (χ0n) is 6.40. The van der Waals surface area contributed by atoms with Gasteiger partial charge in [0.2, 0.25) is 5.91 Å². The molecule has 2 heterocycles. The second-order valence-electron chi connectivity index (χ2n) is 2.85. The standard InChI is InChI=1S/C8H10N2O/c1-5-2-3-9-8-6(5)4-7(11)10-8/h2,9H,3-4H2,1H3,(H,10,11). The van der Waals surface area contributed by atoms with Gasteiger partial charge in [0.25, 0.3) is 0 Å². The summed E-state index contributed by atoms with van der Waals surface area (Å²) in [4.78, 5) is 10.9. The molecule has 0 unspecified atom stereocenters. The van der Waals surface area contributed by atoms with E-state index in [1.165, 1.54) is 5.57 Å². The van der Waals surface area contributed by atoms with Gasteiger partial charge in [-0.1, -0.05) is 6.08 Å². The van der Waals surface area contributed by atoms with E-state index in [1.54, 1.807) is 0 Å². The molecule has 0 bridgehead atoms. The van der Waals surface area contributed by atoms with Crippen LogP contribution in [0.1, 0.15) is 13.3 Å². The lowest BCUT2D eigenvalue weighted by Crippen LogP contribution is -2.27. The highest BCUT2D eigenvalue weighted by molar-refractivity contribution is 5.85. The fraction of sp³-hybridized carbons (Fsp3) is 0.375. The number of carbonyl (C=O) groups is 1. The van der Waals surface area contributed by atoms with Crippen LogP contribution < -0.4 is 10.6 Å². The Balaban J connectivity index is 2.34. The van der Waals surface area contributed by atoms with Crippen LogP contribution in [0.4, 0.5) is 0 Å². The summed E-state index contributed by atoms with van der Waals surface area (Å²) in [7, 11) is 0. The minimum atomic E-state index is 0.0946. The van der Waals surface area contributed by atoms with E-state index < -0.39 is 0 Å². The monoisotopic (exact) mass is 150 g/mol. The van der Waals surface area contributed by atoms with Gasteiger partial charge in [0.1, 0.15) is 5.82 Å². The van der Waals surface area contributed by atoms with Crippen molar-refractivity contribution in [3.05, 3.63) is 23.0 Å². The SMILES string of the molecule is CC1=CCNC2=C1CC(=O)N2. The highest BCUT2D eigenvalue weighted by Gasteiger charge is 2.23. The van der Waals surface area contributed by atoms with E-state index in [1.807, 2.05) is 6.92 Å². The van der Waals surface area contributed by atoms with E-state index in [9.17, 15) is 4.79 Å². The van der Waals surface area contributed by atoms with Crippen LogP contribution in [0, 0.1) is 0 Å². The van der Waals surface area contributed by atoms with E-state index in [-0.39, 0.29) is 5.91 Å². The number of hydrogen-bond acceptors (Lipinski definition) is 2. The molecule has 2 N–H and O–H groups in total. The summed E-state index contributed by atoms with van der Waals surface area (Å²) in [5.74, 6) is 1.01. The van der Waals surface area contributed by atoms with Crippen LogP contribution >= 0.6 is 0 Å². The molecule has 11 heavy (non-hydrogen) atoms. The molecular formula is C8H10N2O. The van der Waals surface area contributed by atoms with Gasteiger partial charge in [0.15, 0.2) is 0 Å². The molecule has 0 aromatic heterocycles. The lowest BCUT2D eigenvalue weighted by molar-refractivity contribution is -0.118. The molecule has 2 aliphatic heterocycles. The number of allylic oxidation sites excluding steroid dienone is 1. The molecule has 3 nitrogen and oxygen atoms in total. The van der Waals surface area contributed by atoms with Crippen molar-refractivity contribution in [1.82, 2.24) is 10.6 Å². The van der Waals surface area contributed by atoms with Crippen LogP contribution in [0.5, 0.6) is 0 Å². The van der Waals surface area contributed by atoms with Crippen LogP contribution in [-0.4, -0.2) is 12.5 Å². The molecular weight excluding hydrogens is 140 g/mol. The number of nitrogens with one attached hydrogen (secondary N) is 2. The Morgan fingerprint density at radius 3 is 3.09 bits per heavy atom. The maximum Gasteiger partial charge on any atom is 0.230 e. The van der Waals surface area contributed by atoms with Crippen molar-refractivity contribution in [2.45, 2.75) is 13.3 Å². The van der Waals surface area contributed by atoms with Crippen molar-refractivity contribution in [3.63, 3.8) is 0 Å². The molecule has 0 aliphatic carbocycles. The minimum Gasteiger partial charge on any atom is -0.368 e. The number of hydrogen-bond donors (Lipinski definition) is 2. The summed E-state index contributed by atoms with van der Waals surface area (Å²) in [6.45, 7) is 2.86. The van der Waals surface area contributed by atoms with Gasteiger partial charge < -0.3 is 10.6 Å². The number of rotatable bonds is 0. The van der Waals surface area contributed by atoms with Crippen LogP contribution in [0.2, 0.25) is 0 Å². The third-order valence-electron chi connectivity index (χ3n) is 2.07. The first kappa shape index (κ1) is 6.46. The van der Waals surface area contributed by atoms with Gasteiger partial charge in [-0.05, 0) is 12.5 Å². The molecule has 0 aromatic carbocycles. The molecule has 0 aromatic rings. The molecule has 2 aliphatic rings. The van der Waals surface area contributed by atoms with Crippen molar-refractivity contribution in [2.75, 3.05) is 6.54 Å². The van der Waals surface area contributed by atoms with Crippen molar-refractivity contribution >= 4 is 5.91 Å². The molecule has 58 valence electrons. The second-order valence-corrected chi connectivity index (χ2v) is 2.85. The topological polar surface area (TPSA) is 41.1 Å². The van der Waals surface area contributed by atoms with Gasteiger partial charge >= 0.3 is 0 Å². The summed E-state index contributed by atoms with van der Waals surface area (Å²) >= 11 is 0. The molecule has 3 heteroatoms. The Bertz CT molecular complexity index is 276. The van der Waals surface area contributed by atoms with Crippen molar-refractivity contribution in [3.8, 4) is 0 Å². The first-order valence-corrected chi connectivity index (χ1v) is 3.71. The number of carbonyl (C=O) groups excluding carboxylic acids is 1. The molecule has 0 saturated heterocycles. The third kappa shape index (κ3) is 0.926. The lowest BCUT2D eigenvalue weighted by atomic mass is 10.0. The molecule has 0 atom stereocenters. The third-order valence-corrected chi connectivity index (χ3v) is 2.07. The zero-order chi connectivity index (χ0) is 7.84. The first-order chi connectivity index (χ1) is 5.27. The molecule has 0 spiro atoms. The van der Waals surface area contributed by atoms with Gasteiger partial charge in [0.05, 0.1) is 6.42 Å². The second kappa shape index (κ2) is 2.12. The maximum atomic E-state index is 10.9.